The summed E-state index contributed by atoms with van der Waals surface area (Å²) >= 11 is 1.21. The zero-order valence-corrected chi connectivity index (χ0v) is 14.4. The maximum absolute atomic E-state index is 13.4. The molecule has 0 bridgehead atoms. The lowest BCUT2D eigenvalue weighted by atomic mass is 10.2. The first-order valence-electron chi connectivity index (χ1n) is 7.58. The van der Waals surface area contributed by atoms with Crippen molar-refractivity contribution < 1.29 is 9.18 Å². The van der Waals surface area contributed by atoms with Gasteiger partial charge in [0.25, 0.3) is 0 Å². The van der Waals surface area contributed by atoms with E-state index in [1.54, 1.807) is 24.1 Å². The van der Waals surface area contributed by atoms with Gasteiger partial charge in [-0.1, -0.05) is 48.2 Å². The summed E-state index contributed by atoms with van der Waals surface area (Å²) in [4.78, 5) is 14.0. The van der Waals surface area contributed by atoms with Gasteiger partial charge in [0, 0.05) is 13.6 Å². The van der Waals surface area contributed by atoms with Crippen LogP contribution >= 0.6 is 11.8 Å². The average molecular weight is 357 g/mol. The summed E-state index contributed by atoms with van der Waals surface area (Å²) in [6.07, 6.45) is 0. The number of tetrazole rings is 1. The molecule has 0 spiro atoms. The van der Waals surface area contributed by atoms with E-state index in [9.17, 15) is 9.18 Å². The van der Waals surface area contributed by atoms with E-state index in [1.807, 2.05) is 30.3 Å². The number of amides is 1. The third-order valence-electron chi connectivity index (χ3n) is 3.51. The third kappa shape index (κ3) is 4.42. The highest BCUT2D eigenvalue weighted by Crippen LogP contribution is 2.19. The van der Waals surface area contributed by atoms with Crippen molar-refractivity contribution in [2.45, 2.75) is 11.7 Å². The van der Waals surface area contributed by atoms with Gasteiger partial charge in [0.05, 0.1) is 11.4 Å². The van der Waals surface area contributed by atoms with Crippen LogP contribution < -0.4 is 0 Å². The Morgan fingerprint density at radius 1 is 1.20 bits per heavy atom. The number of halogens is 1. The molecule has 0 saturated heterocycles. The molecule has 6 nitrogen and oxygen atoms in total. The molecule has 8 heteroatoms. The van der Waals surface area contributed by atoms with Gasteiger partial charge in [0.2, 0.25) is 11.1 Å². The number of hydrogen-bond donors (Lipinski definition) is 0. The molecular formula is C17H16FN5OS. The smallest absolute Gasteiger partial charge is 0.233 e. The monoisotopic (exact) mass is 357 g/mol. The van der Waals surface area contributed by atoms with Crippen molar-refractivity contribution in [1.29, 1.82) is 0 Å². The first-order chi connectivity index (χ1) is 12.1. The van der Waals surface area contributed by atoms with E-state index in [0.29, 0.717) is 17.4 Å². The van der Waals surface area contributed by atoms with Gasteiger partial charge >= 0.3 is 0 Å². The quantitative estimate of drug-likeness (QED) is 0.635. The lowest BCUT2D eigenvalue weighted by Gasteiger charge is -2.16. The fraction of sp³-hybridized carbons (Fsp3) is 0.176. The molecule has 25 heavy (non-hydrogen) atoms. The second-order valence-corrected chi connectivity index (χ2v) is 6.32. The van der Waals surface area contributed by atoms with Crippen molar-refractivity contribution >= 4 is 17.7 Å². The van der Waals surface area contributed by atoms with Gasteiger partial charge in [-0.15, -0.1) is 5.10 Å². The van der Waals surface area contributed by atoms with Crippen molar-refractivity contribution in [2.24, 2.45) is 0 Å². The van der Waals surface area contributed by atoms with Crippen molar-refractivity contribution in [3.63, 3.8) is 0 Å². The summed E-state index contributed by atoms with van der Waals surface area (Å²) in [5.74, 6) is -0.218. The van der Waals surface area contributed by atoms with E-state index in [-0.39, 0.29) is 17.5 Å². The highest BCUT2D eigenvalue weighted by atomic mass is 32.2. The van der Waals surface area contributed by atoms with Gasteiger partial charge in [0.1, 0.15) is 5.82 Å². The zero-order valence-electron chi connectivity index (χ0n) is 13.5. The van der Waals surface area contributed by atoms with Gasteiger partial charge in [0.15, 0.2) is 0 Å². The van der Waals surface area contributed by atoms with Gasteiger partial charge in [-0.2, -0.15) is 4.68 Å². The number of thioether (sulfide) groups is 1. The lowest BCUT2D eigenvalue weighted by Crippen LogP contribution is -2.27. The summed E-state index contributed by atoms with van der Waals surface area (Å²) < 4.78 is 14.8. The van der Waals surface area contributed by atoms with E-state index in [4.69, 9.17) is 0 Å². The molecule has 3 aromatic rings. The van der Waals surface area contributed by atoms with Crippen molar-refractivity contribution in [3.8, 4) is 5.69 Å². The molecule has 0 aliphatic heterocycles. The topological polar surface area (TPSA) is 63.9 Å². The van der Waals surface area contributed by atoms with Crippen molar-refractivity contribution in [3.05, 3.63) is 66.0 Å². The predicted octanol–water partition coefficient (Wildman–Crippen LogP) is 2.55. The van der Waals surface area contributed by atoms with Crippen molar-refractivity contribution in [2.75, 3.05) is 12.8 Å². The molecule has 0 atom stereocenters. The molecule has 0 fully saturated rings. The number of hydrogen-bond acceptors (Lipinski definition) is 5. The average Bonchev–Trinajstić information content (AvgIpc) is 3.09. The summed E-state index contributed by atoms with van der Waals surface area (Å²) in [5, 5.41) is 11.8. The number of nitrogens with zero attached hydrogens (tertiary/aromatic N) is 5. The van der Waals surface area contributed by atoms with Crippen LogP contribution in [0, 0.1) is 5.82 Å². The van der Waals surface area contributed by atoms with Crippen LogP contribution in [0.15, 0.2) is 59.8 Å². The minimum atomic E-state index is -0.373. The standard InChI is InChI=1S/C17H16FN5OS/c1-22(11-13-6-3-2-4-7-13)16(24)12-25-17-19-20-21-23(17)15-9-5-8-14(18)10-15/h2-10H,11-12H2,1H3. The number of aromatic nitrogens is 4. The molecule has 0 aliphatic carbocycles. The van der Waals surface area contributed by atoms with Crippen LogP contribution in [0.25, 0.3) is 5.69 Å². The molecule has 0 saturated carbocycles. The molecule has 0 N–H and O–H groups in total. The molecule has 128 valence electrons. The Morgan fingerprint density at radius 3 is 2.76 bits per heavy atom. The highest BCUT2D eigenvalue weighted by molar-refractivity contribution is 7.99. The predicted molar refractivity (Wildman–Crippen MR) is 92.8 cm³/mol. The Morgan fingerprint density at radius 2 is 2.00 bits per heavy atom. The fourth-order valence-corrected chi connectivity index (χ4v) is 3.05. The molecule has 1 aromatic heterocycles. The van der Waals surface area contributed by atoms with Crippen LogP contribution in [-0.2, 0) is 11.3 Å². The highest BCUT2D eigenvalue weighted by Gasteiger charge is 2.14. The summed E-state index contributed by atoms with van der Waals surface area (Å²) in [7, 11) is 1.76. The molecule has 1 amide bonds. The molecule has 2 aromatic carbocycles. The minimum Gasteiger partial charge on any atom is -0.341 e. The van der Waals surface area contributed by atoms with Crippen LogP contribution in [0.1, 0.15) is 5.56 Å². The number of benzene rings is 2. The van der Waals surface area contributed by atoms with Gasteiger partial charge in [-0.05, 0) is 34.2 Å². The summed E-state index contributed by atoms with van der Waals surface area (Å²) in [6, 6.07) is 15.7. The Hall–Kier alpha value is -2.74. The first-order valence-corrected chi connectivity index (χ1v) is 8.57. The molecule has 3 rings (SSSR count). The molecule has 1 heterocycles. The van der Waals surface area contributed by atoms with Crippen LogP contribution in [0.4, 0.5) is 4.39 Å². The van der Waals surface area contributed by atoms with Crippen molar-refractivity contribution in [1.82, 2.24) is 25.1 Å². The van der Waals surface area contributed by atoms with Crippen LogP contribution in [-0.4, -0.2) is 43.8 Å². The van der Waals surface area contributed by atoms with Crippen LogP contribution in [0.2, 0.25) is 0 Å². The zero-order chi connectivity index (χ0) is 17.6. The third-order valence-corrected chi connectivity index (χ3v) is 4.41. The molecule has 0 aliphatic rings. The largest absolute Gasteiger partial charge is 0.341 e. The maximum Gasteiger partial charge on any atom is 0.233 e. The second-order valence-electron chi connectivity index (χ2n) is 5.38. The number of rotatable bonds is 6. The van der Waals surface area contributed by atoms with E-state index >= 15 is 0 Å². The van der Waals surface area contributed by atoms with Gasteiger partial charge in [-0.25, -0.2) is 4.39 Å². The Balaban J connectivity index is 1.62. The summed E-state index contributed by atoms with van der Waals surface area (Å²) in [5.41, 5.74) is 1.57. The Kier molecular flexibility index (Phi) is 5.39. The number of carbonyl (C=O) groups excluding carboxylic acids is 1. The van der Waals surface area contributed by atoms with Gasteiger partial charge < -0.3 is 4.90 Å². The van der Waals surface area contributed by atoms with Crippen LogP contribution in [0.3, 0.4) is 0 Å². The SMILES string of the molecule is CN(Cc1ccccc1)C(=O)CSc1nnnn1-c1cccc(F)c1. The minimum absolute atomic E-state index is 0.0392. The first kappa shape index (κ1) is 17.1. The molecule has 0 radical (unpaired) electrons. The van der Waals surface area contributed by atoms with E-state index in [0.717, 1.165) is 5.56 Å². The van der Waals surface area contributed by atoms with Gasteiger partial charge in [-0.3, -0.25) is 4.79 Å². The maximum atomic E-state index is 13.4. The van der Waals surface area contributed by atoms with E-state index in [2.05, 4.69) is 15.5 Å². The fourth-order valence-electron chi connectivity index (χ4n) is 2.22. The normalized spacial score (nSPS) is 10.6. The molecular weight excluding hydrogens is 341 g/mol. The Bertz CT molecular complexity index is 855. The van der Waals surface area contributed by atoms with E-state index in [1.165, 1.54) is 28.6 Å². The Labute approximate surface area is 148 Å². The van der Waals surface area contributed by atoms with E-state index < -0.39 is 0 Å². The lowest BCUT2D eigenvalue weighted by molar-refractivity contribution is -0.127. The number of carbonyl (C=O) groups is 1. The van der Waals surface area contributed by atoms with Crippen LogP contribution in [0.5, 0.6) is 0 Å². The molecule has 0 unspecified atom stereocenters. The second kappa shape index (κ2) is 7.89. The summed E-state index contributed by atoms with van der Waals surface area (Å²) in [6.45, 7) is 0.537.